The Morgan fingerprint density at radius 3 is 2.40 bits per heavy atom. The van der Waals surface area contributed by atoms with Crippen molar-refractivity contribution in [1.82, 2.24) is 9.80 Å². The second-order valence-corrected chi connectivity index (χ2v) is 9.80. The molecule has 2 amide bonds. The summed E-state index contributed by atoms with van der Waals surface area (Å²) in [5, 5.41) is 0. The fraction of sp³-hybridized carbons (Fsp3) is 0.680. The second kappa shape index (κ2) is 9.09. The highest BCUT2D eigenvalue weighted by Crippen LogP contribution is 2.40. The summed E-state index contributed by atoms with van der Waals surface area (Å²) in [5.41, 5.74) is 8.14. The van der Waals surface area contributed by atoms with Gasteiger partial charge < -0.3 is 15.5 Å². The van der Waals surface area contributed by atoms with Gasteiger partial charge in [-0.3, -0.25) is 9.59 Å². The normalized spacial score (nSPS) is 25.4. The summed E-state index contributed by atoms with van der Waals surface area (Å²) in [7, 11) is 0. The first-order chi connectivity index (χ1) is 14.5. The number of rotatable bonds is 5. The molecule has 1 aromatic rings. The number of hydrogen-bond acceptors (Lipinski definition) is 3. The van der Waals surface area contributed by atoms with Crippen LogP contribution >= 0.6 is 0 Å². The lowest BCUT2D eigenvalue weighted by atomic mass is 9.71. The van der Waals surface area contributed by atoms with Gasteiger partial charge in [0, 0.05) is 32.0 Å². The predicted molar refractivity (Wildman–Crippen MR) is 119 cm³/mol. The molecule has 0 unspecified atom stereocenters. The number of piperidine rings is 2. The minimum Gasteiger partial charge on any atom is -0.369 e. The second-order valence-electron chi connectivity index (χ2n) is 9.80. The summed E-state index contributed by atoms with van der Waals surface area (Å²) in [5.74, 6) is 0.366. The number of amides is 2. The van der Waals surface area contributed by atoms with E-state index >= 15 is 0 Å². The van der Waals surface area contributed by atoms with Crippen LogP contribution in [-0.2, 0) is 16.0 Å². The predicted octanol–water partition coefficient (Wildman–Crippen LogP) is 3.47. The number of hydrogen-bond donors (Lipinski definition) is 1. The molecule has 0 bridgehead atoms. The zero-order valence-corrected chi connectivity index (χ0v) is 18.4. The molecule has 2 heterocycles. The van der Waals surface area contributed by atoms with E-state index in [1.807, 2.05) is 4.90 Å². The van der Waals surface area contributed by atoms with Crippen LogP contribution in [0.4, 0.5) is 0 Å². The van der Waals surface area contributed by atoms with E-state index in [1.54, 1.807) is 6.92 Å². The zero-order chi connectivity index (χ0) is 21.1. The molecule has 2 aliphatic heterocycles. The van der Waals surface area contributed by atoms with Crippen molar-refractivity contribution in [3.05, 3.63) is 35.4 Å². The van der Waals surface area contributed by atoms with Crippen LogP contribution in [0.15, 0.2) is 24.3 Å². The molecule has 164 valence electrons. The Bertz CT molecular complexity index is 763. The van der Waals surface area contributed by atoms with Crippen LogP contribution in [0.25, 0.3) is 0 Å². The number of carbonyl (C=O) groups is 2. The van der Waals surface area contributed by atoms with E-state index in [0.717, 1.165) is 58.3 Å². The quantitative estimate of drug-likeness (QED) is 0.807. The molecule has 0 spiro atoms. The minimum atomic E-state index is -0.444. The highest BCUT2D eigenvalue weighted by molar-refractivity contribution is 5.81. The molecule has 2 N–H and O–H groups in total. The molecule has 0 aromatic heterocycles. The summed E-state index contributed by atoms with van der Waals surface area (Å²) >= 11 is 0. The van der Waals surface area contributed by atoms with Crippen LogP contribution in [0, 0.1) is 5.41 Å². The van der Waals surface area contributed by atoms with Gasteiger partial charge in [-0.05, 0) is 69.2 Å². The maximum absolute atomic E-state index is 12.7. The average molecular weight is 412 g/mol. The van der Waals surface area contributed by atoms with E-state index in [2.05, 4.69) is 29.2 Å². The summed E-state index contributed by atoms with van der Waals surface area (Å²) in [6.07, 6.45) is 9.88. The number of benzene rings is 1. The first-order valence-electron chi connectivity index (χ1n) is 11.9. The van der Waals surface area contributed by atoms with Gasteiger partial charge in [-0.1, -0.05) is 37.1 Å². The van der Waals surface area contributed by atoms with Crippen molar-refractivity contribution in [1.29, 1.82) is 0 Å². The number of nitrogens with zero attached hydrogens (tertiary/aromatic N) is 2. The van der Waals surface area contributed by atoms with Crippen molar-refractivity contribution in [3.63, 3.8) is 0 Å². The molecule has 1 aromatic carbocycles. The van der Waals surface area contributed by atoms with E-state index in [-0.39, 0.29) is 11.8 Å². The molecule has 5 nitrogen and oxygen atoms in total. The topological polar surface area (TPSA) is 66.6 Å². The SMILES string of the molecule is CC(=O)N1CCC[C@@H](c2ccccc2CC2(C(N)=O)CCN(C3CCCC3)CC2)C1. The molecule has 3 aliphatic rings. The lowest BCUT2D eigenvalue weighted by Crippen LogP contribution is -2.50. The van der Waals surface area contributed by atoms with Gasteiger partial charge in [0.25, 0.3) is 0 Å². The van der Waals surface area contributed by atoms with Gasteiger partial charge >= 0.3 is 0 Å². The summed E-state index contributed by atoms with van der Waals surface area (Å²) in [6, 6.07) is 9.25. The van der Waals surface area contributed by atoms with Gasteiger partial charge in [-0.15, -0.1) is 0 Å². The Balaban J connectivity index is 1.51. The molecule has 1 saturated carbocycles. The van der Waals surface area contributed by atoms with Crippen molar-refractivity contribution >= 4 is 11.8 Å². The van der Waals surface area contributed by atoms with Crippen LogP contribution in [0.1, 0.15) is 75.3 Å². The third-order valence-electron chi connectivity index (χ3n) is 8.01. The van der Waals surface area contributed by atoms with Gasteiger partial charge in [-0.25, -0.2) is 0 Å². The molecule has 0 radical (unpaired) electrons. The Morgan fingerprint density at radius 2 is 1.73 bits per heavy atom. The van der Waals surface area contributed by atoms with Crippen LogP contribution < -0.4 is 5.73 Å². The standard InChI is InChI=1S/C25H37N3O2/c1-19(29)28-14-6-8-21(18-28)23-11-5-2-7-20(23)17-25(24(26)30)12-15-27(16-13-25)22-9-3-4-10-22/h2,5,7,11,21-22H,3-4,6,8-10,12-18H2,1H3,(H2,26,30)/t21-/m1/s1. The van der Waals surface area contributed by atoms with Crippen LogP contribution in [-0.4, -0.2) is 53.8 Å². The molecule has 1 atom stereocenters. The van der Waals surface area contributed by atoms with E-state index in [9.17, 15) is 9.59 Å². The van der Waals surface area contributed by atoms with Gasteiger partial charge in [0.05, 0.1) is 5.41 Å². The smallest absolute Gasteiger partial charge is 0.224 e. The van der Waals surface area contributed by atoms with Crippen molar-refractivity contribution in [3.8, 4) is 0 Å². The molecule has 4 rings (SSSR count). The van der Waals surface area contributed by atoms with Gasteiger partial charge in [-0.2, -0.15) is 0 Å². The van der Waals surface area contributed by atoms with Crippen LogP contribution in [0.3, 0.4) is 0 Å². The van der Waals surface area contributed by atoms with E-state index < -0.39 is 5.41 Å². The van der Waals surface area contributed by atoms with Gasteiger partial charge in [0.15, 0.2) is 0 Å². The van der Waals surface area contributed by atoms with Crippen LogP contribution in [0.2, 0.25) is 0 Å². The Kier molecular flexibility index (Phi) is 6.47. The Morgan fingerprint density at radius 1 is 1.03 bits per heavy atom. The average Bonchev–Trinajstić information content (AvgIpc) is 3.29. The molecule has 5 heteroatoms. The summed E-state index contributed by atoms with van der Waals surface area (Å²) in [4.78, 5) is 29.2. The molecule has 1 aliphatic carbocycles. The molecular formula is C25H37N3O2. The molecule has 3 fully saturated rings. The fourth-order valence-electron chi connectivity index (χ4n) is 6.07. The van der Waals surface area contributed by atoms with E-state index in [4.69, 9.17) is 5.73 Å². The summed E-state index contributed by atoms with van der Waals surface area (Å²) < 4.78 is 0. The van der Waals surface area contributed by atoms with Crippen molar-refractivity contribution in [2.75, 3.05) is 26.2 Å². The van der Waals surface area contributed by atoms with Gasteiger partial charge in [0.1, 0.15) is 0 Å². The highest BCUT2D eigenvalue weighted by Gasteiger charge is 2.42. The summed E-state index contributed by atoms with van der Waals surface area (Å²) in [6.45, 7) is 5.27. The van der Waals surface area contributed by atoms with Crippen molar-refractivity contribution in [2.45, 2.75) is 76.7 Å². The van der Waals surface area contributed by atoms with Gasteiger partial charge in [0.2, 0.25) is 11.8 Å². The fourth-order valence-corrected chi connectivity index (χ4v) is 6.07. The van der Waals surface area contributed by atoms with E-state index in [0.29, 0.717) is 12.0 Å². The number of carbonyl (C=O) groups excluding carboxylic acids is 2. The Hall–Kier alpha value is -1.88. The third-order valence-corrected chi connectivity index (χ3v) is 8.01. The van der Waals surface area contributed by atoms with Crippen LogP contribution in [0.5, 0.6) is 0 Å². The Labute approximate surface area is 181 Å². The number of primary amides is 1. The van der Waals surface area contributed by atoms with Crippen molar-refractivity contribution < 1.29 is 9.59 Å². The first-order valence-corrected chi connectivity index (χ1v) is 11.9. The van der Waals surface area contributed by atoms with E-state index in [1.165, 1.54) is 36.8 Å². The highest BCUT2D eigenvalue weighted by atomic mass is 16.2. The minimum absolute atomic E-state index is 0.141. The maximum Gasteiger partial charge on any atom is 0.224 e. The molecular weight excluding hydrogens is 374 g/mol. The maximum atomic E-state index is 12.7. The first kappa shape index (κ1) is 21.4. The molecule has 30 heavy (non-hydrogen) atoms. The number of nitrogens with two attached hydrogens (primary N) is 1. The lowest BCUT2D eigenvalue weighted by Gasteiger charge is -2.43. The number of likely N-dealkylation sites (tertiary alicyclic amines) is 2. The third kappa shape index (κ3) is 4.41. The largest absolute Gasteiger partial charge is 0.369 e. The monoisotopic (exact) mass is 411 g/mol. The molecule has 2 saturated heterocycles. The van der Waals surface area contributed by atoms with Crippen molar-refractivity contribution in [2.24, 2.45) is 11.1 Å². The zero-order valence-electron chi connectivity index (χ0n) is 18.4. The lowest BCUT2D eigenvalue weighted by molar-refractivity contribution is -0.131.